The van der Waals surface area contributed by atoms with E-state index >= 15 is 0 Å². The Morgan fingerprint density at radius 1 is 1.21 bits per heavy atom. The number of nitrogens with zero attached hydrogens (tertiary/aromatic N) is 2. The molecule has 0 saturated heterocycles. The molecule has 2 rings (SSSR count). The first kappa shape index (κ1) is 14.7. The van der Waals surface area contributed by atoms with Gasteiger partial charge in [0.15, 0.2) is 0 Å². The number of hydrogen-bond donors (Lipinski definition) is 0. The van der Waals surface area contributed by atoms with Crippen molar-refractivity contribution in [1.29, 1.82) is 0 Å². The van der Waals surface area contributed by atoms with Gasteiger partial charge in [0.25, 0.3) is 10.0 Å². The van der Waals surface area contributed by atoms with Crippen molar-refractivity contribution in [2.45, 2.75) is 11.8 Å². The average molecular weight is 340 g/mol. The molecule has 2 aromatic rings. The monoisotopic (exact) mass is 340 g/mol. The van der Waals surface area contributed by atoms with Crippen molar-refractivity contribution in [3.05, 3.63) is 71.8 Å². The third-order valence-corrected chi connectivity index (χ3v) is 4.56. The van der Waals surface area contributed by atoms with Gasteiger partial charge in [-0.1, -0.05) is 60.0 Å². The molecule has 0 spiro atoms. The van der Waals surface area contributed by atoms with Gasteiger partial charge in [-0.3, -0.25) is 0 Å². The zero-order chi connectivity index (χ0) is 19.2. The molecule has 0 atom stereocenters. The van der Waals surface area contributed by atoms with E-state index in [1.165, 1.54) is 24.4 Å². The Labute approximate surface area is 146 Å². The summed E-state index contributed by atoms with van der Waals surface area (Å²) < 4.78 is 41.5. The van der Waals surface area contributed by atoms with Crippen LogP contribution in [-0.4, -0.2) is 25.5 Å². The Bertz CT molecular complexity index is 945. The van der Waals surface area contributed by atoms with Crippen molar-refractivity contribution in [3.63, 3.8) is 0 Å². The third kappa shape index (κ3) is 4.58. The number of sulfonamides is 1. The molecule has 122 valence electrons. The Balaban J connectivity index is 2.35. The number of terminal acetylenes is 1. The van der Waals surface area contributed by atoms with E-state index < -0.39 is 16.5 Å². The summed E-state index contributed by atoms with van der Waals surface area (Å²) in [6, 6.07) is 15.4. The number of benzene rings is 2. The first-order chi connectivity index (χ1) is 12.3. The van der Waals surface area contributed by atoms with E-state index in [-0.39, 0.29) is 4.90 Å². The van der Waals surface area contributed by atoms with E-state index in [0.717, 1.165) is 11.1 Å². The van der Waals surface area contributed by atoms with Crippen LogP contribution < -0.4 is 0 Å². The average Bonchev–Trinajstić information content (AvgIpc) is 2.62. The second-order valence-electron chi connectivity index (χ2n) is 4.85. The molecular weight excluding hydrogens is 320 g/mol. The first-order valence-electron chi connectivity index (χ1n) is 8.13. The van der Waals surface area contributed by atoms with Gasteiger partial charge in [0.1, 0.15) is 6.50 Å². The van der Waals surface area contributed by atoms with Gasteiger partial charge in [-0.25, -0.2) is 0 Å². The maximum absolute atomic E-state index is 12.8. The van der Waals surface area contributed by atoms with Crippen LogP contribution in [0.15, 0.2) is 70.7 Å². The lowest BCUT2D eigenvalue weighted by atomic mass is 10.2. The van der Waals surface area contributed by atoms with Gasteiger partial charge in [-0.05, 0) is 30.7 Å². The lowest BCUT2D eigenvalue weighted by Gasteiger charge is -2.16. The van der Waals surface area contributed by atoms with Gasteiger partial charge in [0.05, 0.1) is 7.64 Å². The molecule has 0 N–H and O–H groups in total. The van der Waals surface area contributed by atoms with Gasteiger partial charge in [-0.2, -0.15) is 17.9 Å². The topological polar surface area (TPSA) is 49.7 Å². The van der Waals surface area contributed by atoms with Crippen LogP contribution in [0.3, 0.4) is 0 Å². The Morgan fingerprint density at radius 3 is 2.50 bits per heavy atom. The Kier molecular flexibility index (Phi) is 4.99. The molecule has 2 aromatic carbocycles. The van der Waals surface area contributed by atoms with Crippen LogP contribution in [0.5, 0.6) is 0 Å². The molecule has 0 aromatic heterocycles. The van der Waals surface area contributed by atoms with Crippen LogP contribution in [0.4, 0.5) is 0 Å². The van der Waals surface area contributed by atoms with Crippen LogP contribution in [-0.2, 0) is 10.0 Å². The molecule has 0 aliphatic heterocycles. The van der Waals surface area contributed by atoms with Crippen LogP contribution in [0, 0.1) is 19.3 Å². The van der Waals surface area contributed by atoms with Gasteiger partial charge in [-0.15, -0.1) is 6.42 Å². The van der Waals surface area contributed by atoms with Crippen molar-refractivity contribution >= 4 is 22.3 Å². The van der Waals surface area contributed by atoms with Crippen LogP contribution in [0.25, 0.3) is 6.08 Å². The molecule has 0 fully saturated rings. The zero-order valence-corrected chi connectivity index (χ0v) is 13.9. The predicted octanol–water partition coefficient (Wildman–Crippen LogP) is 3.32. The highest BCUT2D eigenvalue weighted by molar-refractivity contribution is 7.89. The summed E-state index contributed by atoms with van der Waals surface area (Å²) in [6.07, 6.45) is 9.59. The van der Waals surface area contributed by atoms with Gasteiger partial charge in [0, 0.05) is 6.21 Å². The maximum Gasteiger partial charge on any atom is 0.279 e. The standard InChI is InChI=1S/C19H18N2O2S/c1-3-16-21(20-15-7-10-18-8-5-4-6-9-18)24(22,23)19-13-11-17(2)12-14-19/h1,4-15H,16H2,2H3/b10-7+,20-15-/i16D2. The first-order valence-corrected chi connectivity index (χ1v) is 8.57. The second-order valence-corrected chi connectivity index (χ2v) is 6.62. The van der Waals surface area contributed by atoms with Crippen molar-refractivity contribution in [2.24, 2.45) is 5.10 Å². The minimum atomic E-state index is -4.25. The lowest BCUT2D eigenvalue weighted by molar-refractivity contribution is 0.469. The summed E-state index contributed by atoms with van der Waals surface area (Å²) in [6.45, 7) is -0.789. The SMILES string of the molecule is [2H]C([2H])(C#C)N(/N=C\C=C\c1ccccc1)S(=O)(=O)c1ccc(C)cc1. The summed E-state index contributed by atoms with van der Waals surface area (Å²) in [4.78, 5) is -0.0913. The highest BCUT2D eigenvalue weighted by Crippen LogP contribution is 2.16. The van der Waals surface area contributed by atoms with E-state index in [0.29, 0.717) is 4.41 Å². The minimum absolute atomic E-state index is 0.0913. The van der Waals surface area contributed by atoms with Gasteiger partial charge < -0.3 is 0 Å². The summed E-state index contributed by atoms with van der Waals surface area (Å²) in [5, 5.41) is 3.77. The lowest BCUT2D eigenvalue weighted by Crippen LogP contribution is -2.26. The molecule has 0 heterocycles. The molecular formula is C19H18N2O2S. The van der Waals surface area contributed by atoms with Crippen molar-refractivity contribution in [2.75, 3.05) is 6.50 Å². The third-order valence-electron chi connectivity index (χ3n) is 3.05. The van der Waals surface area contributed by atoms with Crippen molar-refractivity contribution in [3.8, 4) is 12.3 Å². The predicted molar refractivity (Wildman–Crippen MR) is 97.9 cm³/mol. The summed E-state index contributed by atoms with van der Waals surface area (Å²) in [5.41, 5.74) is 1.77. The molecule has 0 amide bonds. The molecule has 0 aliphatic rings. The Hall–Kier alpha value is -2.84. The van der Waals surface area contributed by atoms with Crippen LogP contribution >= 0.6 is 0 Å². The number of hydrazone groups is 1. The molecule has 4 nitrogen and oxygen atoms in total. The van der Waals surface area contributed by atoms with Gasteiger partial charge >= 0.3 is 0 Å². The largest absolute Gasteiger partial charge is 0.279 e. The molecule has 0 saturated carbocycles. The molecule has 0 aliphatic carbocycles. The van der Waals surface area contributed by atoms with E-state index in [1.54, 1.807) is 18.2 Å². The molecule has 0 bridgehead atoms. The fourth-order valence-electron chi connectivity index (χ4n) is 1.83. The number of hydrogen-bond acceptors (Lipinski definition) is 3. The fourth-order valence-corrected chi connectivity index (χ4v) is 2.86. The highest BCUT2D eigenvalue weighted by atomic mass is 32.2. The molecule has 0 unspecified atom stereocenters. The molecule has 0 radical (unpaired) electrons. The van der Waals surface area contributed by atoms with E-state index in [1.807, 2.05) is 43.2 Å². The quantitative estimate of drug-likeness (QED) is 0.460. The Morgan fingerprint density at radius 2 is 1.88 bits per heavy atom. The minimum Gasteiger partial charge on any atom is -0.200 e. The zero-order valence-electron chi connectivity index (χ0n) is 15.1. The van der Waals surface area contributed by atoms with Crippen LogP contribution in [0.1, 0.15) is 13.9 Å². The second kappa shape index (κ2) is 8.14. The van der Waals surface area contributed by atoms with Crippen molar-refractivity contribution < 1.29 is 11.2 Å². The summed E-state index contributed by atoms with van der Waals surface area (Å²) in [5.74, 6) is 1.83. The van der Waals surface area contributed by atoms with Crippen LogP contribution in [0.2, 0.25) is 0 Å². The molecule has 5 heteroatoms. The number of rotatable bonds is 6. The number of aryl methyl sites for hydroxylation is 1. The van der Waals surface area contributed by atoms with E-state index in [2.05, 4.69) is 5.10 Å². The normalized spacial score (nSPS) is 13.5. The highest BCUT2D eigenvalue weighted by Gasteiger charge is 2.21. The van der Waals surface area contributed by atoms with E-state index in [4.69, 9.17) is 9.16 Å². The van der Waals surface area contributed by atoms with E-state index in [9.17, 15) is 8.42 Å². The van der Waals surface area contributed by atoms with Gasteiger partial charge in [0.2, 0.25) is 0 Å². The van der Waals surface area contributed by atoms with Crippen molar-refractivity contribution in [1.82, 2.24) is 4.41 Å². The summed E-state index contributed by atoms with van der Waals surface area (Å²) >= 11 is 0. The maximum atomic E-state index is 12.8. The smallest absolute Gasteiger partial charge is 0.200 e. The summed E-state index contributed by atoms with van der Waals surface area (Å²) in [7, 11) is -4.25. The molecule has 24 heavy (non-hydrogen) atoms. The fraction of sp³-hybridized carbons (Fsp3) is 0.105. The number of allylic oxidation sites excluding steroid dienone is 1.